The molecule has 18 heavy (non-hydrogen) atoms. The Hall–Kier alpha value is -2.04. The summed E-state index contributed by atoms with van der Waals surface area (Å²) in [6.45, 7) is 0.703. The number of benzene rings is 1. The Kier molecular flexibility index (Phi) is 2.47. The lowest BCUT2D eigenvalue weighted by Gasteiger charge is -2.22. The van der Waals surface area contributed by atoms with Crippen molar-refractivity contribution in [2.75, 3.05) is 6.54 Å². The Morgan fingerprint density at radius 2 is 1.94 bits per heavy atom. The van der Waals surface area contributed by atoms with E-state index in [9.17, 15) is 9.59 Å². The van der Waals surface area contributed by atoms with E-state index in [-0.39, 0.29) is 17.6 Å². The third-order valence-electron chi connectivity index (χ3n) is 3.56. The molecule has 1 aromatic carbocycles. The van der Waals surface area contributed by atoms with E-state index in [1.807, 2.05) is 24.3 Å². The van der Waals surface area contributed by atoms with Crippen molar-refractivity contribution in [3.63, 3.8) is 0 Å². The molecule has 0 radical (unpaired) electrons. The first-order valence-electron chi connectivity index (χ1n) is 6.14. The monoisotopic (exact) mass is 245 g/mol. The highest BCUT2D eigenvalue weighted by Gasteiger charge is 2.27. The fourth-order valence-corrected chi connectivity index (χ4v) is 2.62. The molecule has 0 spiro atoms. The van der Waals surface area contributed by atoms with Crippen molar-refractivity contribution < 1.29 is 4.79 Å². The topological polar surface area (TPSA) is 56.0 Å². The molecule has 0 aliphatic carbocycles. The zero-order valence-electron chi connectivity index (χ0n) is 10.2. The van der Waals surface area contributed by atoms with Gasteiger partial charge in [0.1, 0.15) is 6.04 Å². The van der Waals surface area contributed by atoms with Gasteiger partial charge in [0.15, 0.2) is 0 Å². The second kappa shape index (κ2) is 4.01. The zero-order chi connectivity index (χ0) is 12.7. The summed E-state index contributed by atoms with van der Waals surface area (Å²) >= 11 is 0. The largest absolute Gasteiger partial charge is 0.354 e. The summed E-state index contributed by atoms with van der Waals surface area (Å²) in [6, 6.07) is 7.19. The Labute approximate surface area is 104 Å². The molecule has 5 heteroatoms. The van der Waals surface area contributed by atoms with Crippen LogP contribution in [0.3, 0.4) is 0 Å². The SMILES string of the molecule is Cn1c(=O)n([C@H]2CCCNC2=O)c2ccccc21. The van der Waals surface area contributed by atoms with E-state index in [1.54, 1.807) is 16.2 Å². The van der Waals surface area contributed by atoms with Gasteiger partial charge in [-0.25, -0.2) is 4.79 Å². The number of aryl methyl sites for hydroxylation is 1. The van der Waals surface area contributed by atoms with Crippen molar-refractivity contribution in [3.05, 3.63) is 34.7 Å². The maximum absolute atomic E-state index is 12.3. The van der Waals surface area contributed by atoms with E-state index < -0.39 is 0 Å². The first kappa shape index (κ1) is 11.1. The first-order chi connectivity index (χ1) is 8.70. The van der Waals surface area contributed by atoms with Gasteiger partial charge >= 0.3 is 5.69 Å². The van der Waals surface area contributed by atoms with Crippen LogP contribution in [0, 0.1) is 0 Å². The van der Waals surface area contributed by atoms with Crippen molar-refractivity contribution in [1.29, 1.82) is 0 Å². The summed E-state index contributed by atoms with van der Waals surface area (Å²) in [7, 11) is 1.74. The van der Waals surface area contributed by atoms with Crippen LogP contribution in [0.25, 0.3) is 11.0 Å². The molecule has 1 fully saturated rings. The minimum atomic E-state index is -0.377. The van der Waals surface area contributed by atoms with Gasteiger partial charge in [0, 0.05) is 13.6 Å². The zero-order valence-corrected chi connectivity index (χ0v) is 10.2. The molecule has 0 bridgehead atoms. The normalized spacial score (nSPS) is 20.1. The lowest BCUT2D eigenvalue weighted by atomic mass is 10.1. The van der Waals surface area contributed by atoms with Crippen LogP contribution in [0.15, 0.2) is 29.1 Å². The van der Waals surface area contributed by atoms with Gasteiger partial charge in [0.2, 0.25) is 5.91 Å². The summed E-state index contributed by atoms with van der Waals surface area (Å²) in [5.41, 5.74) is 1.56. The minimum Gasteiger partial charge on any atom is -0.354 e. The second-order valence-electron chi connectivity index (χ2n) is 4.65. The number of carbonyl (C=O) groups excluding carboxylic acids is 1. The molecular formula is C13H15N3O2. The summed E-state index contributed by atoms with van der Waals surface area (Å²) in [5.74, 6) is -0.0558. The van der Waals surface area contributed by atoms with Crippen molar-refractivity contribution in [2.24, 2.45) is 7.05 Å². The maximum Gasteiger partial charge on any atom is 0.329 e. The fourth-order valence-electron chi connectivity index (χ4n) is 2.62. The minimum absolute atomic E-state index is 0.0558. The van der Waals surface area contributed by atoms with E-state index >= 15 is 0 Å². The van der Waals surface area contributed by atoms with Gasteiger partial charge in [0.25, 0.3) is 0 Å². The second-order valence-corrected chi connectivity index (χ2v) is 4.65. The number of carbonyl (C=O) groups is 1. The van der Waals surface area contributed by atoms with Crippen LogP contribution >= 0.6 is 0 Å². The van der Waals surface area contributed by atoms with Crippen LogP contribution < -0.4 is 11.0 Å². The highest BCUT2D eigenvalue weighted by Crippen LogP contribution is 2.21. The molecular weight excluding hydrogens is 230 g/mol. The van der Waals surface area contributed by atoms with Gasteiger partial charge in [-0.3, -0.25) is 13.9 Å². The highest BCUT2D eigenvalue weighted by molar-refractivity contribution is 5.84. The standard InChI is InChI=1S/C13H15N3O2/c1-15-9-5-2-3-6-10(9)16(13(15)18)11-7-4-8-14-12(11)17/h2-3,5-6,11H,4,7-8H2,1H3,(H,14,17)/t11-/m0/s1. The number of aromatic nitrogens is 2. The van der Waals surface area contributed by atoms with Crippen LogP contribution in [0.5, 0.6) is 0 Å². The van der Waals surface area contributed by atoms with Crippen LogP contribution in [-0.2, 0) is 11.8 Å². The van der Waals surface area contributed by atoms with Crippen molar-refractivity contribution >= 4 is 16.9 Å². The molecule has 94 valence electrons. The van der Waals surface area contributed by atoms with E-state index in [0.717, 1.165) is 23.9 Å². The summed E-state index contributed by atoms with van der Waals surface area (Å²) in [6.07, 6.45) is 1.63. The average Bonchev–Trinajstić information content (AvgIpc) is 2.64. The number of fused-ring (bicyclic) bond motifs is 1. The molecule has 2 heterocycles. The van der Waals surface area contributed by atoms with Crippen molar-refractivity contribution in [2.45, 2.75) is 18.9 Å². The van der Waals surface area contributed by atoms with Gasteiger partial charge in [-0.05, 0) is 25.0 Å². The average molecular weight is 245 g/mol. The molecule has 5 nitrogen and oxygen atoms in total. The fraction of sp³-hybridized carbons (Fsp3) is 0.385. The first-order valence-corrected chi connectivity index (χ1v) is 6.14. The van der Waals surface area contributed by atoms with E-state index in [4.69, 9.17) is 0 Å². The molecule has 1 aliphatic heterocycles. The smallest absolute Gasteiger partial charge is 0.329 e. The maximum atomic E-state index is 12.3. The lowest BCUT2D eigenvalue weighted by Crippen LogP contribution is -2.41. The molecule has 0 saturated carbocycles. The van der Waals surface area contributed by atoms with Crippen LogP contribution in [0.1, 0.15) is 18.9 Å². The number of imidazole rings is 1. The molecule has 1 amide bonds. The lowest BCUT2D eigenvalue weighted by molar-refractivity contribution is -0.125. The number of amides is 1. The Bertz CT molecular complexity index is 668. The van der Waals surface area contributed by atoms with Gasteiger partial charge in [-0.2, -0.15) is 0 Å². The van der Waals surface area contributed by atoms with Gasteiger partial charge in [-0.15, -0.1) is 0 Å². The molecule has 2 aromatic rings. The predicted octanol–water partition coefficient (Wildman–Crippen LogP) is 0.791. The number of nitrogens with one attached hydrogen (secondary N) is 1. The van der Waals surface area contributed by atoms with Crippen LogP contribution in [-0.4, -0.2) is 21.6 Å². The van der Waals surface area contributed by atoms with Gasteiger partial charge in [-0.1, -0.05) is 12.1 Å². The number of rotatable bonds is 1. The molecule has 1 atom stereocenters. The highest BCUT2D eigenvalue weighted by atomic mass is 16.2. The van der Waals surface area contributed by atoms with Crippen molar-refractivity contribution in [1.82, 2.24) is 14.5 Å². The van der Waals surface area contributed by atoms with Crippen LogP contribution in [0.4, 0.5) is 0 Å². The molecule has 1 saturated heterocycles. The number of nitrogens with zero attached hydrogens (tertiary/aromatic N) is 2. The number of hydrogen-bond acceptors (Lipinski definition) is 2. The van der Waals surface area contributed by atoms with E-state index in [0.29, 0.717) is 6.54 Å². The molecule has 1 aromatic heterocycles. The van der Waals surface area contributed by atoms with E-state index in [1.165, 1.54) is 0 Å². The van der Waals surface area contributed by atoms with Gasteiger partial charge < -0.3 is 5.32 Å². The van der Waals surface area contributed by atoms with Crippen LogP contribution in [0.2, 0.25) is 0 Å². The Balaban J connectivity index is 2.25. The summed E-state index contributed by atoms with van der Waals surface area (Å²) in [4.78, 5) is 24.2. The van der Waals surface area contributed by atoms with Crippen molar-refractivity contribution in [3.8, 4) is 0 Å². The third kappa shape index (κ3) is 1.47. The molecule has 1 aliphatic rings. The summed E-state index contributed by atoms with van der Waals surface area (Å²) < 4.78 is 3.21. The third-order valence-corrected chi connectivity index (χ3v) is 3.56. The Morgan fingerprint density at radius 3 is 2.67 bits per heavy atom. The molecule has 3 rings (SSSR count). The number of piperidine rings is 1. The summed E-state index contributed by atoms with van der Waals surface area (Å²) in [5, 5.41) is 2.82. The number of para-hydroxylation sites is 2. The number of hydrogen-bond donors (Lipinski definition) is 1. The quantitative estimate of drug-likeness (QED) is 0.807. The molecule has 1 N–H and O–H groups in total. The van der Waals surface area contributed by atoms with E-state index in [2.05, 4.69) is 5.32 Å². The molecule has 0 unspecified atom stereocenters. The Morgan fingerprint density at radius 1 is 1.22 bits per heavy atom. The van der Waals surface area contributed by atoms with Gasteiger partial charge in [0.05, 0.1) is 11.0 Å². The predicted molar refractivity (Wildman–Crippen MR) is 68.5 cm³/mol.